The van der Waals surface area contributed by atoms with Crippen LogP contribution in [0.2, 0.25) is 0 Å². The van der Waals surface area contributed by atoms with Crippen molar-refractivity contribution in [3.8, 4) is 34.3 Å². The van der Waals surface area contributed by atoms with E-state index in [1.54, 1.807) is 65.2 Å². The zero-order valence-electron chi connectivity index (χ0n) is 35.0. The summed E-state index contributed by atoms with van der Waals surface area (Å²) in [6.07, 6.45) is 6.16. The predicted octanol–water partition coefficient (Wildman–Crippen LogP) is 10.2. The predicted molar refractivity (Wildman–Crippen MR) is 261 cm³/mol. The Morgan fingerprint density at radius 2 is 1.09 bits per heavy atom. The first-order valence-corrected chi connectivity index (χ1v) is 22.9. The summed E-state index contributed by atoms with van der Waals surface area (Å²) in [5, 5.41) is 13.3. The SMILES string of the molecule is O=C(/C=C/c1ccccc1)Oc1cccc(-c2nc(N3CCOCC3)c3sccc3n2)c1.O=C(Cl)/C=C/c1ccccc1.Oc1cccc(-c2nc(N3CCOCC3)c3sccc3n2)c1. The first-order chi connectivity index (χ1) is 31.9. The number of allylic oxidation sites excluding steroid dienone is 1. The molecule has 4 aromatic heterocycles. The highest BCUT2D eigenvalue weighted by molar-refractivity contribution is 7.18. The van der Waals surface area contributed by atoms with E-state index in [0.717, 1.165) is 93.7 Å². The number of halogens is 1. The van der Waals surface area contributed by atoms with Gasteiger partial charge in [-0.1, -0.05) is 91.0 Å². The number of ether oxygens (including phenoxy) is 3. The van der Waals surface area contributed by atoms with Crippen LogP contribution >= 0.6 is 34.3 Å². The monoisotopic (exact) mass is 922 g/mol. The van der Waals surface area contributed by atoms with E-state index in [1.807, 2.05) is 102 Å². The summed E-state index contributed by atoms with van der Waals surface area (Å²) in [4.78, 5) is 46.1. The number of morpholine rings is 2. The molecule has 15 heteroatoms. The summed E-state index contributed by atoms with van der Waals surface area (Å²) < 4.78 is 18.6. The molecular formula is C50H43ClN6O6S2. The second-order valence-electron chi connectivity index (χ2n) is 14.5. The number of benzene rings is 4. The van der Waals surface area contributed by atoms with Crippen molar-refractivity contribution < 1.29 is 28.9 Å². The Kier molecular flexibility index (Phi) is 15.3. The third kappa shape index (κ3) is 12.3. The van der Waals surface area contributed by atoms with Gasteiger partial charge in [0.2, 0.25) is 5.24 Å². The van der Waals surface area contributed by atoms with Gasteiger partial charge in [-0.15, -0.1) is 22.7 Å². The lowest BCUT2D eigenvalue weighted by Gasteiger charge is -2.28. The molecule has 6 heterocycles. The highest BCUT2D eigenvalue weighted by Gasteiger charge is 2.21. The van der Waals surface area contributed by atoms with Crippen LogP contribution in [0.5, 0.6) is 11.5 Å². The molecule has 8 aromatic rings. The van der Waals surface area contributed by atoms with Crippen LogP contribution in [0.4, 0.5) is 11.6 Å². The number of fused-ring (bicyclic) bond motifs is 2. The number of carbonyl (C=O) groups excluding carboxylic acids is 2. The van der Waals surface area contributed by atoms with Gasteiger partial charge in [0.15, 0.2) is 23.3 Å². The Balaban J connectivity index is 0.000000150. The average molecular weight is 924 g/mol. The zero-order valence-corrected chi connectivity index (χ0v) is 37.4. The number of nitrogens with zero attached hydrogens (tertiary/aromatic N) is 6. The van der Waals surface area contributed by atoms with Gasteiger partial charge in [-0.25, -0.2) is 24.7 Å². The lowest BCUT2D eigenvalue weighted by atomic mass is 10.2. The second-order valence-corrected chi connectivity index (χ2v) is 16.7. The molecule has 10 rings (SSSR count). The van der Waals surface area contributed by atoms with Crippen molar-refractivity contribution in [2.45, 2.75) is 0 Å². The zero-order chi connectivity index (χ0) is 44.8. The van der Waals surface area contributed by atoms with E-state index in [4.69, 9.17) is 40.8 Å². The lowest BCUT2D eigenvalue weighted by Crippen LogP contribution is -2.36. The van der Waals surface area contributed by atoms with Crippen molar-refractivity contribution in [2.75, 3.05) is 62.4 Å². The minimum Gasteiger partial charge on any atom is -0.508 e. The molecule has 0 bridgehead atoms. The third-order valence-electron chi connectivity index (χ3n) is 10.0. The normalized spacial score (nSPS) is 13.9. The van der Waals surface area contributed by atoms with E-state index in [9.17, 15) is 14.7 Å². The summed E-state index contributed by atoms with van der Waals surface area (Å²) in [5.41, 5.74) is 5.38. The summed E-state index contributed by atoms with van der Waals surface area (Å²) in [6, 6.07) is 37.5. The van der Waals surface area contributed by atoms with Gasteiger partial charge in [0.05, 0.1) is 46.9 Å². The molecule has 65 heavy (non-hydrogen) atoms. The average Bonchev–Trinajstić information content (AvgIpc) is 4.04. The number of hydrogen-bond donors (Lipinski definition) is 1. The van der Waals surface area contributed by atoms with Gasteiger partial charge in [-0.3, -0.25) is 4.79 Å². The number of rotatable bonds is 9. The number of aromatic nitrogens is 4. The number of carbonyl (C=O) groups is 2. The number of esters is 1. The molecule has 0 unspecified atom stereocenters. The third-order valence-corrected chi connectivity index (χ3v) is 12.0. The fraction of sp³-hybridized carbons (Fsp3) is 0.160. The van der Waals surface area contributed by atoms with Crippen LogP contribution < -0.4 is 14.5 Å². The topological polar surface area (TPSA) is 140 Å². The van der Waals surface area contributed by atoms with E-state index >= 15 is 0 Å². The maximum Gasteiger partial charge on any atom is 0.336 e. The van der Waals surface area contributed by atoms with Gasteiger partial charge in [0, 0.05) is 43.4 Å². The van der Waals surface area contributed by atoms with Crippen LogP contribution in [-0.2, 0) is 19.1 Å². The van der Waals surface area contributed by atoms with Gasteiger partial charge in [0.1, 0.15) is 11.5 Å². The number of anilines is 2. The maximum absolute atomic E-state index is 12.3. The fourth-order valence-electron chi connectivity index (χ4n) is 6.88. The van der Waals surface area contributed by atoms with Crippen LogP contribution in [-0.4, -0.2) is 88.9 Å². The molecule has 0 radical (unpaired) electrons. The minimum absolute atomic E-state index is 0.222. The number of aromatic hydroxyl groups is 1. The summed E-state index contributed by atoms with van der Waals surface area (Å²) >= 11 is 8.40. The molecule has 0 saturated carbocycles. The Morgan fingerprint density at radius 3 is 1.60 bits per heavy atom. The fourth-order valence-corrected chi connectivity index (χ4v) is 8.64. The Morgan fingerprint density at radius 1 is 0.600 bits per heavy atom. The maximum atomic E-state index is 12.3. The van der Waals surface area contributed by atoms with E-state index in [0.29, 0.717) is 30.6 Å². The molecule has 0 atom stereocenters. The largest absolute Gasteiger partial charge is 0.508 e. The van der Waals surface area contributed by atoms with E-state index < -0.39 is 11.2 Å². The van der Waals surface area contributed by atoms with Crippen molar-refractivity contribution in [3.63, 3.8) is 0 Å². The van der Waals surface area contributed by atoms with Gasteiger partial charge in [-0.2, -0.15) is 0 Å². The molecular weight excluding hydrogens is 880 g/mol. The molecule has 2 aliphatic heterocycles. The van der Waals surface area contributed by atoms with Gasteiger partial charge in [0.25, 0.3) is 0 Å². The molecule has 12 nitrogen and oxygen atoms in total. The van der Waals surface area contributed by atoms with E-state index in [-0.39, 0.29) is 5.75 Å². The van der Waals surface area contributed by atoms with Crippen molar-refractivity contribution in [2.24, 2.45) is 0 Å². The van der Waals surface area contributed by atoms with Crippen LogP contribution in [0.15, 0.2) is 144 Å². The Labute approximate surface area is 388 Å². The molecule has 2 aliphatic rings. The first-order valence-electron chi connectivity index (χ1n) is 20.8. The molecule has 328 valence electrons. The molecule has 2 fully saturated rings. The lowest BCUT2D eigenvalue weighted by molar-refractivity contribution is -0.128. The summed E-state index contributed by atoms with van der Waals surface area (Å²) in [6.45, 7) is 6.09. The van der Waals surface area contributed by atoms with Gasteiger partial charge >= 0.3 is 5.97 Å². The number of hydrogen-bond acceptors (Lipinski definition) is 14. The van der Waals surface area contributed by atoms with Crippen molar-refractivity contribution in [3.05, 3.63) is 155 Å². The quantitative estimate of drug-likeness (QED) is 0.0638. The molecule has 0 aliphatic carbocycles. The Bertz CT molecular complexity index is 2920. The molecule has 4 aromatic carbocycles. The standard InChI is InChI=1S/C25H21N3O3S.C16H15N3O2S.C9H7ClO/c29-22(10-9-18-5-2-1-3-6-18)31-20-8-4-7-19(17-20)24-26-21-11-16-32-23(21)25(27-24)28-12-14-30-15-13-28;20-12-3-1-2-11(10-12)15-17-13-4-9-22-14(13)16(18-15)19-5-7-21-8-6-19;10-9(11)7-6-8-4-2-1-3-5-8/h1-11,16-17H,12-15H2;1-4,9-10,20H,5-8H2;1-7H/b10-9+;;7-6+. The van der Waals surface area contributed by atoms with Crippen LogP contribution in [0.25, 0.3) is 55.4 Å². The van der Waals surface area contributed by atoms with Crippen molar-refractivity contribution in [1.82, 2.24) is 19.9 Å². The van der Waals surface area contributed by atoms with E-state index in [2.05, 4.69) is 14.8 Å². The first kappa shape index (κ1) is 44.8. The molecule has 0 amide bonds. The smallest absolute Gasteiger partial charge is 0.336 e. The molecule has 2 saturated heterocycles. The summed E-state index contributed by atoms with van der Waals surface area (Å²) in [7, 11) is 0. The minimum atomic E-state index is -0.450. The second kappa shape index (κ2) is 22.2. The van der Waals surface area contributed by atoms with Gasteiger partial charge in [-0.05, 0) is 82.0 Å². The van der Waals surface area contributed by atoms with Crippen molar-refractivity contribution >= 4 is 89.7 Å². The number of phenols is 1. The number of thiophene rings is 2. The van der Waals surface area contributed by atoms with E-state index in [1.165, 1.54) is 12.2 Å². The van der Waals surface area contributed by atoms with Gasteiger partial charge < -0.3 is 29.1 Å². The molecule has 1 N–H and O–H groups in total. The summed E-state index contributed by atoms with van der Waals surface area (Å²) in [5.74, 6) is 3.37. The highest BCUT2D eigenvalue weighted by atomic mass is 35.5. The highest BCUT2D eigenvalue weighted by Crippen LogP contribution is 2.34. The molecule has 0 spiro atoms. The Hall–Kier alpha value is -6.81. The van der Waals surface area contributed by atoms with Crippen LogP contribution in [0.1, 0.15) is 11.1 Å². The number of phenolic OH excluding ortho intramolecular Hbond substituents is 1. The van der Waals surface area contributed by atoms with Crippen molar-refractivity contribution in [1.29, 1.82) is 0 Å². The van der Waals surface area contributed by atoms with Crippen LogP contribution in [0, 0.1) is 0 Å². The van der Waals surface area contributed by atoms with Crippen LogP contribution in [0.3, 0.4) is 0 Å².